The molecule has 0 saturated heterocycles. The number of carbonyl (C=O) groups excluding carboxylic acids is 1. The van der Waals surface area contributed by atoms with Gasteiger partial charge in [-0.1, -0.05) is 45.7 Å². The summed E-state index contributed by atoms with van der Waals surface area (Å²) in [4.78, 5) is 12.6. The maximum atomic E-state index is 12.6. The van der Waals surface area contributed by atoms with Crippen molar-refractivity contribution >= 4 is 45.3 Å². The highest BCUT2D eigenvalue weighted by Crippen LogP contribution is 2.36. The van der Waals surface area contributed by atoms with E-state index >= 15 is 0 Å². The van der Waals surface area contributed by atoms with Crippen LogP contribution in [0.3, 0.4) is 0 Å². The van der Waals surface area contributed by atoms with Gasteiger partial charge in [0.05, 0.1) is 12.2 Å². The lowest BCUT2D eigenvalue weighted by Crippen LogP contribution is -2.03. The monoisotopic (exact) mass is 550 g/mol. The lowest BCUT2D eigenvalue weighted by molar-refractivity contribution is -0.130. The maximum absolute atomic E-state index is 12.6. The molecule has 35 heavy (non-hydrogen) atoms. The fourth-order valence-electron chi connectivity index (χ4n) is 3.66. The number of rotatable bonds is 9. The van der Waals surface area contributed by atoms with Gasteiger partial charge in [0.15, 0.2) is 11.5 Å². The van der Waals surface area contributed by atoms with E-state index in [9.17, 15) is 4.79 Å². The molecule has 0 saturated carbocycles. The van der Waals surface area contributed by atoms with Crippen LogP contribution in [0.4, 0.5) is 0 Å². The van der Waals surface area contributed by atoms with Crippen molar-refractivity contribution in [1.82, 2.24) is 0 Å². The van der Waals surface area contributed by atoms with Crippen molar-refractivity contribution in [2.24, 2.45) is 0 Å². The van der Waals surface area contributed by atoms with Gasteiger partial charge in [0.25, 0.3) is 0 Å². The Balaban J connectivity index is 1.66. The highest BCUT2D eigenvalue weighted by Gasteiger charge is 2.22. The molecule has 0 unspecified atom stereocenters. The second-order valence-corrected chi connectivity index (χ2v) is 9.21. The number of allylic oxidation sites excluding steroid dienone is 1. The number of ether oxygens (including phenoxy) is 3. The zero-order valence-corrected chi connectivity index (χ0v) is 21.6. The summed E-state index contributed by atoms with van der Waals surface area (Å²) in [6.45, 7) is 6.69. The molecule has 0 spiro atoms. The minimum atomic E-state index is -0.409. The SMILES string of the molecule is C=CCc1cc(/C=C2\C=C(c3ccc(Cl)cc3)OC2=O)cc(OCC)c1OCc1ccc(Br)cc1. The van der Waals surface area contributed by atoms with Gasteiger partial charge in [0, 0.05) is 20.6 Å². The molecular formula is C29H24BrClO4. The summed E-state index contributed by atoms with van der Waals surface area (Å²) >= 11 is 9.42. The van der Waals surface area contributed by atoms with Gasteiger partial charge in [0.2, 0.25) is 0 Å². The van der Waals surface area contributed by atoms with Crippen LogP contribution in [0.1, 0.15) is 29.2 Å². The van der Waals surface area contributed by atoms with E-state index in [0.29, 0.717) is 47.5 Å². The molecule has 4 nitrogen and oxygen atoms in total. The first-order valence-corrected chi connectivity index (χ1v) is 12.3. The largest absolute Gasteiger partial charge is 0.490 e. The van der Waals surface area contributed by atoms with Gasteiger partial charge in [-0.3, -0.25) is 0 Å². The highest BCUT2D eigenvalue weighted by atomic mass is 79.9. The average Bonchev–Trinajstić information content (AvgIpc) is 3.20. The lowest BCUT2D eigenvalue weighted by atomic mass is 10.0. The Bertz CT molecular complexity index is 1290. The van der Waals surface area contributed by atoms with E-state index in [0.717, 1.165) is 26.7 Å². The maximum Gasteiger partial charge on any atom is 0.343 e. The summed E-state index contributed by atoms with van der Waals surface area (Å²) in [5.74, 6) is 1.37. The molecule has 3 aromatic carbocycles. The van der Waals surface area contributed by atoms with Crippen LogP contribution in [0.2, 0.25) is 5.02 Å². The predicted octanol–water partition coefficient (Wildman–Crippen LogP) is 7.79. The fraction of sp³-hybridized carbons (Fsp3) is 0.138. The van der Waals surface area contributed by atoms with Crippen LogP contribution in [0.5, 0.6) is 11.5 Å². The van der Waals surface area contributed by atoms with Crippen molar-refractivity contribution in [2.75, 3.05) is 6.61 Å². The molecule has 6 heteroatoms. The number of halogens is 2. The van der Waals surface area contributed by atoms with E-state index < -0.39 is 5.97 Å². The first-order chi connectivity index (χ1) is 17.0. The van der Waals surface area contributed by atoms with Crippen LogP contribution in [-0.4, -0.2) is 12.6 Å². The zero-order chi connectivity index (χ0) is 24.8. The number of hydrogen-bond donors (Lipinski definition) is 0. The van der Waals surface area contributed by atoms with Gasteiger partial charge in [-0.2, -0.15) is 0 Å². The zero-order valence-electron chi connectivity index (χ0n) is 19.2. The van der Waals surface area contributed by atoms with E-state index in [4.69, 9.17) is 25.8 Å². The van der Waals surface area contributed by atoms with Crippen molar-refractivity contribution in [3.05, 3.63) is 117 Å². The van der Waals surface area contributed by atoms with Crippen LogP contribution < -0.4 is 9.47 Å². The standard InChI is InChI=1S/C29H24BrClO4/c1-3-5-22-14-20(15-23-17-26(35-29(23)32)21-8-12-25(31)13-9-21)16-27(33-4-2)28(22)34-18-19-6-10-24(30)11-7-19/h3,6-17H,1,4-5,18H2,2H3/b23-15+. The van der Waals surface area contributed by atoms with Crippen LogP contribution >= 0.6 is 27.5 Å². The Morgan fingerprint density at radius 3 is 2.49 bits per heavy atom. The van der Waals surface area contributed by atoms with Crippen molar-refractivity contribution in [3.63, 3.8) is 0 Å². The molecule has 0 bridgehead atoms. The molecule has 1 aliphatic rings. The molecule has 4 rings (SSSR count). The first-order valence-electron chi connectivity index (χ1n) is 11.2. The summed E-state index contributed by atoms with van der Waals surface area (Å²) in [5, 5.41) is 0.620. The second-order valence-electron chi connectivity index (χ2n) is 7.85. The van der Waals surface area contributed by atoms with Gasteiger partial charge in [-0.15, -0.1) is 6.58 Å². The smallest absolute Gasteiger partial charge is 0.343 e. The van der Waals surface area contributed by atoms with Crippen molar-refractivity contribution in [2.45, 2.75) is 20.0 Å². The van der Waals surface area contributed by atoms with E-state index in [1.807, 2.05) is 61.5 Å². The van der Waals surface area contributed by atoms with Crippen LogP contribution in [-0.2, 0) is 22.6 Å². The van der Waals surface area contributed by atoms with Crippen LogP contribution in [0.25, 0.3) is 11.8 Å². The van der Waals surface area contributed by atoms with Gasteiger partial charge >= 0.3 is 5.97 Å². The third-order valence-corrected chi connectivity index (χ3v) is 6.07. The summed E-state index contributed by atoms with van der Waals surface area (Å²) in [5.41, 5.74) is 4.00. The van der Waals surface area contributed by atoms with Gasteiger partial charge in [-0.05, 0) is 85.2 Å². The molecule has 0 amide bonds. The Morgan fingerprint density at radius 2 is 1.80 bits per heavy atom. The molecule has 0 N–H and O–H groups in total. The molecule has 0 aromatic heterocycles. The second kappa shape index (κ2) is 11.4. The molecule has 1 heterocycles. The van der Waals surface area contributed by atoms with Crippen LogP contribution in [0, 0.1) is 0 Å². The number of hydrogen-bond acceptors (Lipinski definition) is 4. The molecule has 1 aliphatic heterocycles. The summed E-state index contributed by atoms with van der Waals surface area (Å²) in [7, 11) is 0. The molecule has 0 fully saturated rings. The topological polar surface area (TPSA) is 44.8 Å². The normalized spacial score (nSPS) is 14.0. The third-order valence-electron chi connectivity index (χ3n) is 5.29. The number of esters is 1. The van der Waals surface area contributed by atoms with Crippen molar-refractivity contribution < 1.29 is 19.0 Å². The molecule has 0 radical (unpaired) electrons. The first kappa shape index (κ1) is 24.8. The van der Waals surface area contributed by atoms with Crippen molar-refractivity contribution in [3.8, 4) is 11.5 Å². The van der Waals surface area contributed by atoms with E-state index in [2.05, 4.69) is 22.5 Å². The molecule has 3 aromatic rings. The van der Waals surface area contributed by atoms with E-state index in [-0.39, 0.29) is 0 Å². The molecule has 178 valence electrons. The van der Waals surface area contributed by atoms with Crippen molar-refractivity contribution in [1.29, 1.82) is 0 Å². The summed E-state index contributed by atoms with van der Waals surface area (Å²) < 4.78 is 18.6. The minimum Gasteiger partial charge on any atom is -0.490 e. The average molecular weight is 552 g/mol. The summed E-state index contributed by atoms with van der Waals surface area (Å²) in [6.07, 6.45) is 5.93. The Hall–Kier alpha value is -3.28. The van der Waals surface area contributed by atoms with Gasteiger partial charge < -0.3 is 14.2 Å². The Morgan fingerprint density at radius 1 is 1.06 bits per heavy atom. The van der Waals surface area contributed by atoms with Gasteiger partial charge in [-0.25, -0.2) is 4.79 Å². The minimum absolute atomic E-state index is 0.400. The number of carbonyl (C=O) groups is 1. The summed E-state index contributed by atoms with van der Waals surface area (Å²) in [6, 6.07) is 19.0. The number of cyclic esters (lactones) is 1. The lowest BCUT2D eigenvalue weighted by Gasteiger charge is -2.17. The van der Waals surface area contributed by atoms with Gasteiger partial charge in [0.1, 0.15) is 12.4 Å². The Kier molecular flexibility index (Phi) is 8.11. The van der Waals surface area contributed by atoms with E-state index in [1.165, 1.54) is 0 Å². The number of benzene rings is 3. The molecule has 0 atom stereocenters. The third kappa shape index (κ3) is 6.24. The quantitative estimate of drug-likeness (QED) is 0.155. The molecule has 0 aliphatic carbocycles. The van der Waals surface area contributed by atoms with E-state index in [1.54, 1.807) is 24.3 Å². The fourth-order valence-corrected chi connectivity index (χ4v) is 4.05. The Labute approximate surface area is 218 Å². The molecular weight excluding hydrogens is 528 g/mol. The predicted molar refractivity (Wildman–Crippen MR) is 143 cm³/mol. The highest BCUT2D eigenvalue weighted by molar-refractivity contribution is 9.10. The van der Waals surface area contributed by atoms with Crippen LogP contribution in [0.15, 0.2) is 89.4 Å².